The van der Waals surface area contributed by atoms with E-state index in [1.165, 1.54) is 26.2 Å². The highest BCUT2D eigenvalue weighted by Gasteiger charge is 2.69. The summed E-state index contributed by atoms with van der Waals surface area (Å²) in [4.78, 5) is 55.3. The number of fused-ring (bicyclic) bond motifs is 7. The summed E-state index contributed by atoms with van der Waals surface area (Å²) in [5.74, 6) is 0.132. The summed E-state index contributed by atoms with van der Waals surface area (Å²) >= 11 is 0. The Labute approximate surface area is 348 Å². The molecule has 6 aliphatic rings. The van der Waals surface area contributed by atoms with Crippen molar-refractivity contribution < 1.29 is 28.7 Å². The van der Waals surface area contributed by atoms with Crippen LogP contribution in [0.25, 0.3) is 0 Å². The summed E-state index contributed by atoms with van der Waals surface area (Å²) in [5, 5.41) is 6.14. The Morgan fingerprint density at radius 1 is 0.776 bits per heavy atom. The van der Waals surface area contributed by atoms with Crippen LogP contribution in [0.2, 0.25) is 0 Å². The van der Waals surface area contributed by atoms with E-state index in [0.717, 1.165) is 90.4 Å². The van der Waals surface area contributed by atoms with E-state index < -0.39 is 11.9 Å². The zero-order chi connectivity index (χ0) is 41.7. The fourth-order valence-electron chi connectivity index (χ4n) is 14.0. The molecule has 4 saturated carbocycles. The molecule has 2 N–H and O–H groups in total. The van der Waals surface area contributed by atoms with Crippen LogP contribution in [0.3, 0.4) is 0 Å². The molecule has 1 saturated heterocycles. The molecular weight excluding hydrogens is 727 g/mol. The zero-order valence-corrected chi connectivity index (χ0v) is 37.0. The lowest BCUT2D eigenvalue weighted by atomic mass is 9.33. The third-order valence-electron chi connectivity index (χ3n) is 17.5. The molecule has 5 aliphatic carbocycles. The molecule has 9 nitrogen and oxygen atoms in total. The summed E-state index contributed by atoms with van der Waals surface area (Å²) in [7, 11) is 0. The van der Waals surface area contributed by atoms with Gasteiger partial charge < -0.3 is 25.0 Å². The average Bonchev–Trinajstić information content (AvgIpc) is 3.18. The number of esters is 2. The predicted octanol–water partition coefficient (Wildman–Crippen LogP) is 8.91. The molecule has 1 aliphatic heterocycles. The SMILES string of the molecule is CC(=O)NCCOC(=O)c1ccccc1C(=O)OC1CC[C@@]2(C)C(CC[C@]3(C)C2CC=C2[C@@H]4CC(C)(C)CC[C@]4(C(=O)NCCN4CCCCC4)CC[C@]23C)C1(C)C. The monoisotopic (exact) mass is 800 g/mol. The van der Waals surface area contributed by atoms with Crippen molar-refractivity contribution in [1.29, 1.82) is 0 Å². The van der Waals surface area contributed by atoms with Gasteiger partial charge in [-0.1, -0.05) is 78.7 Å². The molecule has 1 aromatic rings. The standard InChI is InChI=1S/C49H73N3O6/c1-33(53)50-27-31-57-41(54)34-14-10-11-15-35(34)42(55)58-40-19-20-46(6)38(45(40,4)5)18-21-48(8)39(46)17-16-36-37-32-44(2,3)22-24-49(37,25-23-47(36,48)7)43(56)51-26-30-52-28-12-9-13-29-52/h10-11,14-16,37-40H,9,12-13,17-32H2,1-8H3,(H,50,53)(H,51,56)/t37-,38?,39?,40?,46-,47+,48+,49-/m0/s1. The van der Waals surface area contributed by atoms with Gasteiger partial charge in [0.1, 0.15) is 12.7 Å². The summed E-state index contributed by atoms with van der Waals surface area (Å²) in [6.07, 6.45) is 16.4. The van der Waals surface area contributed by atoms with E-state index in [0.29, 0.717) is 17.7 Å². The minimum absolute atomic E-state index is 0.0152. The van der Waals surface area contributed by atoms with E-state index in [9.17, 15) is 19.2 Å². The van der Waals surface area contributed by atoms with Gasteiger partial charge in [-0.15, -0.1) is 0 Å². The fourth-order valence-corrected chi connectivity index (χ4v) is 14.0. The molecule has 3 unspecified atom stereocenters. The molecule has 0 radical (unpaired) electrons. The molecule has 0 bridgehead atoms. The van der Waals surface area contributed by atoms with Gasteiger partial charge in [-0.2, -0.15) is 0 Å². The van der Waals surface area contributed by atoms with E-state index in [2.05, 4.69) is 70.1 Å². The quantitative estimate of drug-likeness (QED) is 0.138. The van der Waals surface area contributed by atoms with Crippen LogP contribution in [0, 0.1) is 50.2 Å². The van der Waals surface area contributed by atoms with Crippen LogP contribution in [-0.4, -0.2) is 74.1 Å². The van der Waals surface area contributed by atoms with Gasteiger partial charge in [0.25, 0.3) is 0 Å². The van der Waals surface area contributed by atoms with Gasteiger partial charge in [0.15, 0.2) is 0 Å². The largest absolute Gasteiger partial charge is 0.460 e. The second kappa shape index (κ2) is 16.0. The lowest BCUT2D eigenvalue weighted by Crippen LogP contribution is -2.65. The third-order valence-corrected chi connectivity index (χ3v) is 17.5. The summed E-state index contributed by atoms with van der Waals surface area (Å²) in [6, 6.07) is 6.69. The highest BCUT2D eigenvalue weighted by molar-refractivity contribution is 6.03. The van der Waals surface area contributed by atoms with Gasteiger partial charge in [0.2, 0.25) is 11.8 Å². The molecule has 5 fully saturated rings. The van der Waals surface area contributed by atoms with Crippen LogP contribution in [-0.2, 0) is 19.1 Å². The molecule has 8 atom stereocenters. The number of hydrogen-bond donors (Lipinski definition) is 2. The second-order valence-electron chi connectivity index (χ2n) is 21.4. The maximum Gasteiger partial charge on any atom is 0.339 e. The van der Waals surface area contributed by atoms with Crippen LogP contribution >= 0.6 is 0 Å². The minimum atomic E-state index is -0.608. The van der Waals surface area contributed by atoms with Crippen LogP contribution in [0.5, 0.6) is 0 Å². The molecule has 7 rings (SSSR count). The molecular formula is C49H73N3O6. The number of likely N-dealkylation sites (tertiary alicyclic amines) is 1. The first kappa shape index (κ1) is 42.9. The Morgan fingerprint density at radius 3 is 2.17 bits per heavy atom. The topological polar surface area (TPSA) is 114 Å². The number of rotatable bonds is 10. The molecule has 320 valence electrons. The van der Waals surface area contributed by atoms with Gasteiger partial charge in [-0.25, -0.2) is 9.59 Å². The van der Waals surface area contributed by atoms with Gasteiger partial charge in [0, 0.05) is 25.4 Å². The molecule has 9 heteroatoms. The summed E-state index contributed by atoms with van der Waals surface area (Å²) < 4.78 is 11.8. The Bertz CT molecular complexity index is 1780. The Hall–Kier alpha value is -3.20. The first-order valence-corrected chi connectivity index (χ1v) is 22.8. The van der Waals surface area contributed by atoms with Crippen molar-refractivity contribution in [2.75, 3.05) is 39.3 Å². The van der Waals surface area contributed by atoms with Gasteiger partial charge in [-0.3, -0.25) is 9.59 Å². The molecule has 1 heterocycles. The van der Waals surface area contributed by atoms with Crippen LogP contribution in [0.1, 0.15) is 160 Å². The minimum Gasteiger partial charge on any atom is -0.460 e. The first-order valence-electron chi connectivity index (χ1n) is 22.8. The van der Waals surface area contributed by atoms with Crippen molar-refractivity contribution in [3.8, 4) is 0 Å². The number of piperidine rings is 1. The Balaban J connectivity index is 1.09. The van der Waals surface area contributed by atoms with Crippen molar-refractivity contribution in [2.24, 2.45) is 50.2 Å². The Morgan fingerprint density at radius 2 is 1.47 bits per heavy atom. The molecule has 0 aromatic heterocycles. The number of nitrogens with zero attached hydrogens (tertiary/aromatic N) is 1. The van der Waals surface area contributed by atoms with Crippen molar-refractivity contribution in [1.82, 2.24) is 15.5 Å². The Kier molecular flexibility index (Phi) is 11.8. The average molecular weight is 800 g/mol. The van der Waals surface area contributed by atoms with E-state index in [1.807, 2.05) is 0 Å². The van der Waals surface area contributed by atoms with Crippen molar-refractivity contribution >= 4 is 23.8 Å². The molecule has 2 amide bonds. The lowest BCUT2D eigenvalue weighted by Gasteiger charge is -2.71. The number of amides is 2. The maximum atomic E-state index is 14.6. The van der Waals surface area contributed by atoms with Crippen LogP contribution in [0.4, 0.5) is 0 Å². The smallest absolute Gasteiger partial charge is 0.339 e. The highest BCUT2D eigenvalue weighted by atomic mass is 16.5. The maximum absolute atomic E-state index is 14.6. The van der Waals surface area contributed by atoms with Gasteiger partial charge >= 0.3 is 11.9 Å². The predicted molar refractivity (Wildman–Crippen MR) is 227 cm³/mol. The number of nitrogens with one attached hydrogen (secondary N) is 2. The summed E-state index contributed by atoms with van der Waals surface area (Å²) in [6.45, 7) is 22.8. The number of hydrogen-bond acceptors (Lipinski definition) is 7. The molecule has 1 aromatic carbocycles. The van der Waals surface area contributed by atoms with Crippen molar-refractivity contribution in [2.45, 2.75) is 145 Å². The normalized spacial score (nSPS) is 36.4. The third kappa shape index (κ3) is 7.46. The molecule has 58 heavy (non-hydrogen) atoms. The highest BCUT2D eigenvalue weighted by Crippen LogP contribution is 2.76. The summed E-state index contributed by atoms with van der Waals surface area (Å²) in [5.41, 5.74) is 1.76. The van der Waals surface area contributed by atoms with Gasteiger partial charge in [0.05, 0.1) is 23.1 Å². The fraction of sp³-hybridized carbons (Fsp3) is 0.755. The number of benzene rings is 1. The van der Waals surface area contributed by atoms with Crippen molar-refractivity contribution in [3.05, 3.63) is 47.0 Å². The number of ether oxygens (including phenoxy) is 2. The van der Waals surface area contributed by atoms with Crippen molar-refractivity contribution in [3.63, 3.8) is 0 Å². The van der Waals surface area contributed by atoms with E-state index in [-0.39, 0.29) is 74.7 Å². The number of carbonyl (C=O) groups is 4. The van der Waals surface area contributed by atoms with Crippen LogP contribution in [0.15, 0.2) is 35.9 Å². The number of allylic oxidation sites excluding steroid dienone is 2. The number of carbonyl (C=O) groups excluding carboxylic acids is 4. The molecule has 0 spiro atoms. The zero-order valence-electron chi connectivity index (χ0n) is 37.0. The first-order chi connectivity index (χ1) is 27.4. The van der Waals surface area contributed by atoms with Gasteiger partial charge in [-0.05, 0) is 142 Å². The van der Waals surface area contributed by atoms with E-state index in [4.69, 9.17) is 9.47 Å². The second-order valence-corrected chi connectivity index (χ2v) is 21.4. The lowest BCUT2D eigenvalue weighted by molar-refractivity contribution is -0.204. The van der Waals surface area contributed by atoms with E-state index in [1.54, 1.807) is 29.8 Å². The van der Waals surface area contributed by atoms with Crippen LogP contribution < -0.4 is 10.6 Å². The van der Waals surface area contributed by atoms with E-state index >= 15 is 0 Å².